The van der Waals surface area contributed by atoms with Crippen LogP contribution in [0.1, 0.15) is 23.7 Å². The van der Waals surface area contributed by atoms with Gasteiger partial charge in [-0.2, -0.15) is 4.37 Å². The normalized spacial score (nSPS) is 17.6. The van der Waals surface area contributed by atoms with Crippen LogP contribution in [0.2, 0.25) is 0 Å². The Morgan fingerprint density at radius 3 is 3.00 bits per heavy atom. The number of alkyl carbamates (subject to hydrolysis) is 1. The molecule has 1 atom stereocenters. The van der Waals surface area contributed by atoms with Crippen LogP contribution in [0, 0.1) is 0 Å². The number of carbonyl (C=O) groups is 2. The van der Waals surface area contributed by atoms with Crippen molar-refractivity contribution in [3.8, 4) is 0 Å². The van der Waals surface area contributed by atoms with Crippen molar-refractivity contribution in [3.63, 3.8) is 0 Å². The molecular formula is C12H18N4O4S. The molecule has 0 saturated carbocycles. The SMILES string of the molecule is CCOC(=O)c1c(N)nsc1N1CCC(NC(=O)OC)C1. The lowest BCUT2D eigenvalue weighted by atomic mass is 10.3. The van der Waals surface area contributed by atoms with Crippen molar-refractivity contribution in [2.24, 2.45) is 0 Å². The number of amides is 1. The number of hydrogen-bond donors (Lipinski definition) is 2. The Morgan fingerprint density at radius 1 is 1.57 bits per heavy atom. The summed E-state index contributed by atoms with van der Waals surface area (Å²) in [6, 6.07) is -0.0316. The van der Waals surface area contributed by atoms with Gasteiger partial charge >= 0.3 is 12.1 Å². The van der Waals surface area contributed by atoms with Crippen molar-refractivity contribution in [2.75, 3.05) is 37.4 Å². The summed E-state index contributed by atoms with van der Waals surface area (Å²) in [5, 5.41) is 3.42. The summed E-state index contributed by atoms with van der Waals surface area (Å²) in [7, 11) is 1.32. The fourth-order valence-electron chi connectivity index (χ4n) is 2.19. The molecule has 8 nitrogen and oxygen atoms in total. The summed E-state index contributed by atoms with van der Waals surface area (Å²) in [4.78, 5) is 25.2. The number of nitrogens with one attached hydrogen (secondary N) is 1. The van der Waals surface area contributed by atoms with Gasteiger partial charge in [0.25, 0.3) is 0 Å². The molecule has 1 fully saturated rings. The number of carbonyl (C=O) groups excluding carboxylic acids is 2. The zero-order chi connectivity index (χ0) is 15.4. The average molecular weight is 314 g/mol. The molecule has 1 aromatic rings. The second-order valence-corrected chi connectivity index (χ2v) is 5.29. The fourth-order valence-corrected chi connectivity index (χ4v) is 3.03. The average Bonchev–Trinajstić information content (AvgIpc) is 3.05. The zero-order valence-corrected chi connectivity index (χ0v) is 12.7. The first-order valence-corrected chi connectivity index (χ1v) is 7.35. The molecular weight excluding hydrogens is 296 g/mol. The van der Waals surface area contributed by atoms with Gasteiger partial charge in [0.15, 0.2) is 5.82 Å². The molecule has 1 saturated heterocycles. The number of aromatic nitrogens is 1. The topological polar surface area (TPSA) is 107 Å². The Balaban J connectivity index is 2.10. The molecule has 21 heavy (non-hydrogen) atoms. The van der Waals surface area contributed by atoms with E-state index in [4.69, 9.17) is 10.5 Å². The van der Waals surface area contributed by atoms with Gasteiger partial charge < -0.3 is 25.4 Å². The number of hydrogen-bond acceptors (Lipinski definition) is 8. The van der Waals surface area contributed by atoms with E-state index in [0.717, 1.165) is 18.0 Å². The standard InChI is InChI=1S/C12H18N4O4S/c1-3-20-11(17)8-9(13)15-21-10(8)16-5-4-7(6-16)14-12(18)19-2/h7H,3-6H2,1-2H3,(H2,13,15)(H,14,18). The number of rotatable bonds is 4. The molecule has 1 aromatic heterocycles. The first-order chi connectivity index (χ1) is 10.1. The van der Waals surface area contributed by atoms with Gasteiger partial charge in [-0.25, -0.2) is 9.59 Å². The fraction of sp³-hybridized carbons (Fsp3) is 0.583. The van der Waals surface area contributed by atoms with Crippen LogP contribution in [0.15, 0.2) is 0 Å². The zero-order valence-electron chi connectivity index (χ0n) is 11.9. The largest absolute Gasteiger partial charge is 0.462 e. The van der Waals surface area contributed by atoms with Gasteiger partial charge in [0.1, 0.15) is 10.6 Å². The molecule has 0 aromatic carbocycles. The molecule has 3 N–H and O–H groups in total. The number of nitrogens with two attached hydrogens (primary N) is 1. The minimum Gasteiger partial charge on any atom is -0.462 e. The number of ether oxygens (including phenoxy) is 2. The second-order valence-electron chi connectivity index (χ2n) is 4.54. The summed E-state index contributed by atoms with van der Waals surface area (Å²) in [6.07, 6.45) is 0.297. The lowest BCUT2D eigenvalue weighted by molar-refractivity contribution is 0.0528. The molecule has 2 heterocycles. The molecule has 116 valence electrons. The van der Waals surface area contributed by atoms with Crippen LogP contribution in [0.25, 0.3) is 0 Å². The highest BCUT2D eigenvalue weighted by atomic mass is 32.1. The molecule has 1 unspecified atom stereocenters. The highest BCUT2D eigenvalue weighted by Crippen LogP contribution is 2.33. The van der Waals surface area contributed by atoms with E-state index in [9.17, 15) is 9.59 Å². The van der Waals surface area contributed by atoms with Gasteiger partial charge in [-0.15, -0.1) is 0 Å². The minimum atomic E-state index is -0.469. The van der Waals surface area contributed by atoms with E-state index in [2.05, 4.69) is 14.4 Å². The highest BCUT2D eigenvalue weighted by Gasteiger charge is 2.30. The maximum absolute atomic E-state index is 12.0. The quantitative estimate of drug-likeness (QED) is 0.793. The van der Waals surface area contributed by atoms with E-state index in [0.29, 0.717) is 23.7 Å². The molecule has 0 aliphatic carbocycles. The second kappa shape index (κ2) is 6.61. The third-order valence-corrected chi connectivity index (χ3v) is 4.09. The Morgan fingerprint density at radius 2 is 2.33 bits per heavy atom. The Hall–Kier alpha value is -2.03. The third kappa shape index (κ3) is 3.35. The predicted octanol–water partition coefficient (Wildman–Crippen LogP) is 0.837. The Labute approximate surface area is 126 Å². The van der Waals surface area contributed by atoms with Crippen molar-refractivity contribution in [3.05, 3.63) is 5.56 Å². The predicted molar refractivity (Wildman–Crippen MR) is 78.6 cm³/mol. The monoisotopic (exact) mass is 314 g/mol. The lowest BCUT2D eigenvalue weighted by Crippen LogP contribution is -2.37. The van der Waals surface area contributed by atoms with Crippen molar-refractivity contribution >= 4 is 34.4 Å². The van der Waals surface area contributed by atoms with Gasteiger partial charge in [0, 0.05) is 13.1 Å². The molecule has 1 aliphatic heterocycles. The van der Waals surface area contributed by atoms with Crippen LogP contribution in [-0.4, -0.2) is 49.3 Å². The summed E-state index contributed by atoms with van der Waals surface area (Å²) in [5.41, 5.74) is 6.07. The van der Waals surface area contributed by atoms with E-state index in [-0.39, 0.29) is 18.5 Å². The van der Waals surface area contributed by atoms with Gasteiger partial charge in [-0.05, 0) is 24.9 Å². The minimum absolute atomic E-state index is 0.0316. The number of methoxy groups -OCH3 is 1. The van der Waals surface area contributed by atoms with E-state index >= 15 is 0 Å². The summed E-state index contributed by atoms with van der Waals surface area (Å²) in [6.45, 7) is 3.28. The van der Waals surface area contributed by atoms with Crippen LogP contribution < -0.4 is 16.0 Å². The summed E-state index contributed by atoms with van der Waals surface area (Å²) < 4.78 is 13.6. The number of nitrogens with zero attached hydrogens (tertiary/aromatic N) is 2. The third-order valence-electron chi connectivity index (χ3n) is 3.16. The van der Waals surface area contributed by atoms with Crippen molar-refractivity contribution in [1.29, 1.82) is 0 Å². The number of esters is 1. The van der Waals surface area contributed by atoms with Crippen molar-refractivity contribution in [2.45, 2.75) is 19.4 Å². The molecule has 0 spiro atoms. The van der Waals surface area contributed by atoms with Crippen LogP contribution in [0.3, 0.4) is 0 Å². The van der Waals surface area contributed by atoms with Crippen LogP contribution in [-0.2, 0) is 9.47 Å². The molecule has 2 rings (SSSR count). The van der Waals surface area contributed by atoms with E-state index in [1.54, 1.807) is 6.92 Å². The first-order valence-electron chi connectivity index (χ1n) is 6.58. The van der Waals surface area contributed by atoms with Gasteiger partial charge in [-0.1, -0.05) is 0 Å². The van der Waals surface area contributed by atoms with Crippen LogP contribution in [0.5, 0.6) is 0 Å². The number of anilines is 2. The van der Waals surface area contributed by atoms with Crippen molar-refractivity contribution in [1.82, 2.24) is 9.69 Å². The van der Waals surface area contributed by atoms with Crippen LogP contribution >= 0.6 is 11.5 Å². The highest BCUT2D eigenvalue weighted by molar-refractivity contribution is 7.11. The van der Waals surface area contributed by atoms with Gasteiger partial charge in [0.05, 0.1) is 19.8 Å². The van der Waals surface area contributed by atoms with Gasteiger partial charge in [0.2, 0.25) is 0 Å². The number of nitrogen functional groups attached to an aromatic ring is 1. The van der Waals surface area contributed by atoms with E-state index in [1.807, 2.05) is 4.90 Å². The Bertz CT molecular complexity index is 533. The maximum atomic E-state index is 12.0. The summed E-state index contributed by atoms with van der Waals surface area (Å²) in [5.74, 6) is -0.291. The van der Waals surface area contributed by atoms with Crippen molar-refractivity contribution < 1.29 is 19.1 Å². The first kappa shape index (κ1) is 15.4. The lowest BCUT2D eigenvalue weighted by Gasteiger charge is -2.17. The van der Waals surface area contributed by atoms with E-state index < -0.39 is 12.1 Å². The van der Waals surface area contributed by atoms with Crippen LogP contribution in [0.4, 0.5) is 15.6 Å². The molecule has 0 radical (unpaired) electrons. The Kier molecular flexibility index (Phi) is 4.84. The molecule has 1 aliphatic rings. The molecule has 1 amide bonds. The maximum Gasteiger partial charge on any atom is 0.407 e. The van der Waals surface area contributed by atoms with Gasteiger partial charge in [-0.3, -0.25) is 0 Å². The van der Waals surface area contributed by atoms with E-state index in [1.165, 1.54) is 7.11 Å². The summed E-state index contributed by atoms with van der Waals surface area (Å²) >= 11 is 1.16. The molecule has 9 heteroatoms. The smallest absolute Gasteiger partial charge is 0.407 e. The molecule has 0 bridgehead atoms.